The summed E-state index contributed by atoms with van der Waals surface area (Å²) in [5, 5.41) is 3.48. The second kappa shape index (κ2) is 8.89. The van der Waals surface area contributed by atoms with E-state index in [1.807, 2.05) is 18.2 Å². The third-order valence-electron chi connectivity index (χ3n) is 4.49. The molecule has 0 aliphatic heterocycles. The summed E-state index contributed by atoms with van der Waals surface area (Å²) in [7, 11) is 0. The van der Waals surface area contributed by atoms with Crippen LogP contribution in [-0.2, 0) is 13.2 Å². The Bertz CT molecular complexity index is 959. The zero-order chi connectivity index (χ0) is 19.4. The van der Waals surface area contributed by atoms with Gasteiger partial charge in [-0.1, -0.05) is 46.3 Å². The Balaban J connectivity index is 1.82. The lowest BCUT2D eigenvalue weighted by Crippen LogP contribution is -2.06. The first kappa shape index (κ1) is 19.9. The molecule has 0 heterocycles. The van der Waals surface area contributed by atoms with Crippen LogP contribution in [0.3, 0.4) is 0 Å². The molecule has 0 unspecified atom stereocenters. The van der Waals surface area contributed by atoms with Crippen molar-refractivity contribution < 1.29 is 9.13 Å². The molecule has 0 saturated carbocycles. The van der Waals surface area contributed by atoms with Gasteiger partial charge in [-0.2, -0.15) is 0 Å². The monoisotopic (exact) mass is 491 g/mol. The fourth-order valence-corrected chi connectivity index (χ4v) is 4.23. The third-order valence-corrected chi connectivity index (χ3v) is 5.54. The predicted octanol–water partition coefficient (Wildman–Crippen LogP) is 7.16. The van der Waals surface area contributed by atoms with Gasteiger partial charge in [0, 0.05) is 27.8 Å². The molecule has 0 radical (unpaired) electrons. The minimum atomic E-state index is -0.263. The summed E-state index contributed by atoms with van der Waals surface area (Å²) in [6.07, 6.45) is 0. The van der Waals surface area contributed by atoms with Crippen molar-refractivity contribution in [1.29, 1.82) is 0 Å². The molecule has 3 rings (SSSR count). The molecule has 0 amide bonds. The van der Waals surface area contributed by atoms with Gasteiger partial charge in [-0.25, -0.2) is 4.39 Å². The second-order valence-corrected chi connectivity index (χ2v) is 8.13. The van der Waals surface area contributed by atoms with E-state index in [9.17, 15) is 4.39 Å². The summed E-state index contributed by atoms with van der Waals surface area (Å²) < 4.78 is 21.7. The number of hydrogen-bond acceptors (Lipinski definition) is 2. The Kier molecular flexibility index (Phi) is 6.55. The summed E-state index contributed by atoms with van der Waals surface area (Å²) in [4.78, 5) is 0. The van der Waals surface area contributed by atoms with Crippen molar-refractivity contribution in [2.45, 2.75) is 27.0 Å². The molecule has 2 nitrogen and oxygen atoms in total. The molecule has 27 heavy (non-hydrogen) atoms. The highest BCUT2D eigenvalue weighted by Gasteiger charge is 2.12. The quantitative estimate of drug-likeness (QED) is 0.394. The maximum absolute atomic E-state index is 13.9. The Hall–Kier alpha value is -1.85. The van der Waals surface area contributed by atoms with Crippen LogP contribution in [0, 0.1) is 19.7 Å². The predicted molar refractivity (Wildman–Crippen MR) is 116 cm³/mol. The van der Waals surface area contributed by atoms with Crippen LogP contribution in [0.5, 0.6) is 5.75 Å². The van der Waals surface area contributed by atoms with Crippen molar-refractivity contribution in [2.75, 3.05) is 5.32 Å². The van der Waals surface area contributed by atoms with Gasteiger partial charge in [-0.3, -0.25) is 0 Å². The van der Waals surface area contributed by atoms with Crippen LogP contribution in [-0.4, -0.2) is 0 Å². The summed E-state index contributed by atoms with van der Waals surface area (Å²) in [5.74, 6) is 0.444. The van der Waals surface area contributed by atoms with E-state index in [1.54, 1.807) is 18.2 Å². The minimum absolute atomic E-state index is 0.170. The third kappa shape index (κ3) is 4.90. The molecule has 140 valence electrons. The average molecular weight is 493 g/mol. The van der Waals surface area contributed by atoms with E-state index in [2.05, 4.69) is 63.2 Å². The standard InChI is InChI=1S/C22H20Br2FNO/c1-14-6-5-9-21(15(14)2)26-12-17-10-18(23)11-19(24)22(17)27-13-16-7-3-4-8-20(16)25/h3-11,26H,12-13H2,1-2H3. The van der Waals surface area contributed by atoms with Crippen molar-refractivity contribution in [3.05, 3.63) is 91.6 Å². The molecule has 5 heteroatoms. The zero-order valence-electron chi connectivity index (χ0n) is 15.2. The molecule has 0 spiro atoms. The molecule has 0 fully saturated rings. The second-order valence-electron chi connectivity index (χ2n) is 6.36. The van der Waals surface area contributed by atoms with Crippen LogP contribution in [0.4, 0.5) is 10.1 Å². The molecule has 3 aromatic rings. The van der Waals surface area contributed by atoms with Crippen LogP contribution in [0.15, 0.2) is 63.5 Å². The van der Waals surface area contributed by atoms with Gasteiger partial charge in [0.2, 0.25) is 0 Å². The van der Waals surface area contributed by atoms with E-state index < -0.39 is 0 Å². The Morgan fingerprint density at radius 1 is 0.963 bits per heavy atom. The molecule has 1 N–H and O–H groups in total. The van der Waals surface area contributed by atoms with Crippen molar-refractivity contribution in [3.63, 3.8) is 0 Å². The van der Waals surface area contributed by atoms with E-state index in [0.29, 0.717) is 17.9 Å². The van der Waals surface area contributed by atoms with Crippen molar-refractivity contribution >= 4 is 37.5 Å². The van der Waals surface area contributed by atoms with E-state index in [0.717, 1.165) is 20.2 Å². The molecule has 0 aliphatic rings. The van der Waals surface area contributed by atoms with Crippen LogP contribution in [0.25, 0.3) is 0 Å². The number of hydrogen-bond donors (Lipinski definition) is 1. The molecule has 0 aromatic heterocycles. The van der Waals surface area contributed by atoms with Crippen LogP contribution in [0.1, 0.15) is 22.3 Å². The first-order chi connectivity index (χ1) is 13.0. The number of halogens is 3. The number of aryl methyl sites for hydroxylation is 1. The van der Waals surface area contributed by atoms with E-state index in [4.69, 9.17) is 4.74 Å². The number of benzene rings is 3. The number of ether oxygens (including phenoxy) is 1. The average Bonchev–Trinajstić information content (AvgIpc) is 2.63. The van der Waals surface area contributed by atoms with Gasteiger partial charge < -0.3 is 10.1 Å². The molecule has 3 aromatic carbocycles. The van der Waals surface area contributed by atoms with Crippen LogP contribution in [0.2, 0.25) is 0 Å². The van der Waals surface area contributed by atoms with E-state index in [1.165, 1.54) is 17.2 Å². The van der Waals surface area contributed by atoms with Crippen molar-refractivity contribution in [2.24, 2.45) is 0 Å². The highest BCUT2D eigenvalue weighted by Crippen LogP contribution is 2.34. The van der Waals surface area contributed by atoms with Gasteiger partial charge in [-0.15, -0.1) is 0 Å². The Labute approximate surface area is 176 Å². The molecule has 0 atom stereocenters. The molecular formula is C22H20Br2FNO. The first-order valence-corrected chi connectivity index (χ1v) is 10.2. The van der Waals surface area contributed by atoms with Gasteiger partial charge in [0.25, 0.3) is 0 Å². The smallest absolute Gasteiger partial charge is 0.139 e. The fraction of sp³-hybridized carbons (Fsp3) is 0.182. The maximum atomic E-state index is 13.9. The molecule has 0 aliphatic carbocycles. The van der Waals surface area contributed by atoms with Crippen LogP contribution < -0.4 is 10.1 Å². The van der Waals surface area contributed by atoms with E-state index >= 15 is 0 Å². The number of rotatable bonds is 6. The minimum Gasteiger partial charge on any atom is -0.487 e. The van der Waals surface area contributed by atoms with Gasteiger partial charge in [0.1, 0.15) is 18.2 Å². The fourth-order valence-electron chi connectivity index (χ4n) is 2.81. The highest BCUT2D eigenvalue weighted by atomic mass is 79.9. The maximum Gasteiger partial charge on any atom is 0.139 e. The summed E-state index contributed by atoms with van der Waals surface area (Å²) in [6, 6.07) is 16.8. The largest absolute Gasteiger partial charge is 0.487 e. The van der Waals surface area contributed by atoms with Gasteiger partial charge in [0.05, 0.1) is 4.47 Å². The molecule has 0 bridgehead atoms. The Morgan fingerprint density at radius 2 is 1.74 bits per heavy atom. The molecular weight excluding hydrogens is 473 g/mol. The van der Waals surface area contributed by atoms with E-state index in [-0.39, 0.29) is 12.4 Å². The number of nitrogens with one attached hydrogen (secondary N) is 1. The SMILES string of the molecule is Cc1cccc(NCc2cc(Br)cc(Br)c2OCc2ccccc2F)c1C. The molecule has 0 saturated heterocycles. The van der Waals surface area contributed by atoms with Gasteiger partial charge >= 0.3 is 0 Å². The van der Waals surface area contributed by atoms with Crippen molar-refractivity contribution in [3.8, 4) is 5.75 Å². The highest BCUT2D eigenvalue weighted by molar-refractivity contribution is 9.11. The first-order valence-electron chi connectivity index (χ1n) is 8.60. The van der Waals surface area contributed by atoms with Crippen LogP contribution >= 0.6 is 31.9 Å². The summed E-state index contributed by atoms with van der Waals surface area (Å²) in [6.45, 7) is 4.96. The lowest BCUT2D eigenvalue weighted by Gasteiger charge is -2.17. The summed E-state index contributed by atoms with van der Waals surface area (Å²) >= 11 is 7.10. The number of anilines is 1. The van der Waals surface area contributed by atoms with Crippen molar-refractivity contribution in [1.82, 2.24) is 0 Å². The van der Waals surface area contributed by atoms with Gasteiger partial charge in [-0.05, 0) is 65.2 Å². The normalized spacial score (nSPS) is 10.7. The van der Waals surface area contributed by atoms with Gasteiger partial charge in [0.15, 0.2) is 0 Å². The lowest BCUT2D eigenvalue weighted by molar-refractivity contribution is 0.295. The summed E-state index contributed by atoms with van der Waals surface area (Å²) in [5.41, 5.74) is 5.06. The zero-order valence-corrected chi connectivity index (χ0v) is 18.3. The topological polar surface area (TPSA) is 21.3 Å². The Morgan fingerprint density at radius 3 is 2.52 bits per heavy atom. The lowest BCUT2D eigenvalue weighted by atomic mass is 10.1.